The van der Waals surface area contributed by atoms with Crippen LogP contribution in [0.1, 0.15) is 54.4 Å². The summed E-state index contributed by atoms with van der Waals surface area (Å²) in [6, 6.07) is 1.83. The van der Waals surface area contributed by atoms with E-state index in [0.717, 1.165) is 12.2 Å². The number of hydrogen-bond acceptors (Lipinski definition) is 3. The molecule has 0 unspecified atom stereocenters. The number of aromatic carboxylic acids is 1. The van der Waals surface area contributed by atoms with Gasteiger partial charge in [0.1, 0.15) is 5.56 Å². The second-order valence-corrected chi connectivity index (χ2v) is 5.95. The molecule has 1 saturated carbocycles. The average Bonchev–Trinajstić information content (AvgIpc) is 2.72. The summed E-state index contributed by atoms with van der Waals surface area (Å²) in [5.41, 5.74) is 2.71. The summed E-state index contributed by atoms with van der Waals surface area (Å²) in [7, 11) is 0. The molecule has 0 aliphatic heterocycles. The topological polar surface area (TPSA) is 62.2 Å². The third kappa shape index (κ3) is 3.06. The van der Waals surface area contributed by atoms with Crippen molar-refractivity contribution in [2.45, 2.75) is 46.5 Å². The lowest BCUT2D eigenvalue weighted by Crippen LogP contribution is -2.24. The van der Waals surface area contributed by atoms with Crippen molar-refractivity contribution in [1.82, 2.24) is 4.98 Å². The van der Waals surface area contributed by atoms with Crippen molar-refractivity contribution in [3.05, 3.63) is 23.0 Å². The first-order chi connectivity index (χ1) is 8.91. The summed E-state index contributed by atoms with van der Waals surface area (Å²) >= 11 is 0. The van der Waals surface area contributed by atoms with Gasteiger partial charge in [0.15, 0.2) is 0 Å². The molecule has 104 valence electrons. The first-order valence-electron chi connectivity index (χ1n) is 6.87. The Labute approximate surface area is 114 Å². The molecule has 19 heavy (non-hydrogen) atoms. The Balaban J connectivity index is 2.21. The molecule has 0 spiro atoms. The molecule has 2 rings (SSSR count). The van der Waals surface area contributed by atoms with Crippen LogP contribution in [0.5, 0.6) is 0 Å². The SMILES string of the molecule is Cc1cc(NCC2(C)CCCC2)c(C(=O)O)c(C)n1. The quantitative estimate of drug-likeness (QED) is 0.873. The van der Waals surface area contributed by atoms with Crippen LogP contribution in [0.25, 0.3) is 0 Å². The van der Waals surface area contributed by atoms with Gasteiger partial charge >= 0.3 is 5.97 Å². The second-order valence-electron chi connectivity index (χ2n) is 5.95. The highest BCUT2D eigenvalue weighted by Gasteiger charge is 2.29. The van der Waals surface area contributed by atoms with Gasteiger partial charge in [-0.2, -0.15) is 0 Å². The molecular weight excluding hydrogens is 240 g/mol. The highest BCUT2D eigenvalue weighted by atomic mass is 16.4. The largest absolute Gasteiger partial charge is 0.478 e. The number of pyridine rings is 1. The Morgan fingerprint density at radius 2 is 2.05 bits per heavy atom. The van der Waals surface area contributed by atoms with Gasteiger partial charge in [-0.1, -0.05) is 19.8 Å². The number of carboxylic acid groups (broad SMARTS) is 1. The van der Waals surface area contributed by atoms with E-state index in [0.29, 0.717) is 22.4 Å². The smallest absolute Gasteiger partial charge is 0.339 e. The number of nitrogens with one attached hydrogen (secondary N) is 1. The molecule has 1 aliphatic rings. The van der Waals surface area contributed by atoms with Gasteiger partial charge < -0.3 is 10.4 Å². The van der Waals surface area contributed by atoms with Crippen molar-refractivity contribution in [2.24, 2.45) is 5.41 Å². The summed E-state index contributed by atoms with van der Waals surface area (Å²) in [6.07, 6.45) is 4.98. The maximum absolute atomic E-state index is 11.3. The Bertz CT molecular complexity index is 491. The fraction of sp³-hybridized carbons (Fsp3) is 0.600. The lowest BCUT2D eigenvalue weighted by atomic mass is 9.89. The number of anilines is 1. The molecule has 1 aliphatic carbocycles. The number of rotatable bonds is 4. The van der Waals surface area contributed by atoms with Crippen LogP contribution >= 0.6 is 0 Å². The van der Waals surface area contributed by atoms with Crippen molar-refractivity contribution >= 4 is 11.7 Å². The highest BCUT2D eigenvalue weighted by Crippen LogP contribution is 2.37. The minimum absolute atomic E-state index is 0.293. The van der Waals surface area contributed by atoms with E-state index in [1.807, 2.05) is 13.0 Å². The lowest BCUT2D eigenvalue weighted by molar-refractivity contribution is 0.0696. The number of aryl methyl sites for hydroxylation is 2. The molecule has 1 heterocycles. The van der Waals surface area contributed by atoms with Crippen molar-refractivity contribution < 1.29 is 9.90 Å². The van der Waals surface area contributed by atoms with Crippen LogP contribution < -0.4 is 5.32 Å². The van der Waals surface area contributed by atoms with Gasteiger partial charge in [0.2, 0.25) is 0 Å². The molecule has 0 saturated heterocycles. The van der Waals surface area contributed by atoms with Crippen LogP contribution in [0.2, 0.25) is 0 Å². The molecule has 4 nitrogen and oxygen atoms in total. The van der Waals surface area contributed by atoms with Crippen LogP contribution in [0.15, 0.2) is 6.07 Å². The van der Waals surface area contributed by atoms with E-state index in [9.17, 15) is 9.90 Å². The Morgan fingerprint density at radius 1 is 1.42 bits per heavy atom. The number of aromatic nitrogens is 1. The normalized spacial score (nSPS) is 17.4. The summed E-state index contributed by atoms with van der Waals surface area (Å²) in [5, 5.41) is 12.7. The van der Waals surface area contributed by atoms with E-state index >= 15 is 0 Å². The van der Waals surface area contributed by atoms with Crippen molar-refractivity contribution in [3.63, 3.8) is 0 Å². The van der Waals surface area contributed by atoms with Gasteiger partial charge in [-0.3, -0.25) is 4.98 Å². The summed E-state index contributed by atoms with van der Waals surface area (Å²) in [6.45, 7) is 6.74. The third-order valence-corrected chi connectivity index (χ3v) is 4.06. The third-order valence-electron chi connectivity index (χ3n) is 4.06. The second kappa shape index (κ2) is 5.19. The zero-order valence-electron chi connectivity index (χ0n) is 11.9. The van der Waals surface area contributed by atoms with Gasteiger partial charge in [-0.25, -0.2) is 4.79 Å². The number of carboxylic acids is 1. The maximum Gasteiger partial charge on any atom is 0.339 e. The zero-order chi connectivity index (χ0) is 14.0. The molecule has 4 heteroatoms. The maximum atomic E-state index is 11.3. The van der Waals surface area contributed by atoms with Gasteiger partial charge in [0.25, 0.3) is 0 Å². The van der Waals surface area contributed by atoms with Crippen LogP contribution in [0.3, 0.4) is 0 Å². The monoisotopic (exact) mass is 262 g/mol. The van der Waals surface area contributed by atoms with Gasteiger partial charge in [-0.05, 0) is 38.2 Å². The van der Waals surface area contributed by atoms with Crippen LogP contribution in [-0.4, -0.2) is 22.6 Å². The molecule has 1 fully saturated rings. The molecule has 0 bridgehead atoms. The molecule has 0 amide bonds. The van der Waals surface area contributed by atoms with E-state index in [-0.39, 0.29) is 0 Å². The first-order valence-corrected chi connectivity index (χ1v) is 6.87. The van der Waals surface area contributed by atoms with Crippen molar-refractivity contribution in [1.29, 1.82) is 0 Å². The predicted octanol–water partition coefficient (Wildman–Crippen LogP) is 3.39. The van der Waals surface area contributed by atoms with Crippen molar-refractivity contribution in [2.75, 3.05) is 11.9 Å². The van der Waals surface area contributed by atoms with Crippen LogP contribution in [0.4, 0.5) is 5.69 Å². The van der Waals surface area contributed by atoms with E-state index in [2.05, 4.69) is 17.2 Å². The molecule has 0 aromatic carbocycles. The van der Waals surface area contributed by atoms with Crippen LogP contribution in [0, 0.1) is 19.3 Å². The van der Waals surface area contributed by atoms with Gasteiger partial charge in [0, 0.05) is 12.2 Å². The fourth-order valence-electron chi connectivity index (χ4n) is 2.95. The summed E-state index contributed by atoms with van der Waals surface area (Å²) in [4.78, 5) is 15.6. The number of nitrogens with zero attached hydrogens (tertiary/aromatic N) is 1. The minimum atomic E-state index is -0.913. The molecule has 1 aromatic heterocycles. The lowest BCUT2D eigenvalue weighted by Gasteiger charge is -2.25. The van der Waals surface area contributed by atoms with Gasteiger partial charge in [0.05, 0.1) is 11.4 Å². The highest BCUT2D eigenvalue weighted by molar-refractivity contribution is 5.95. The van der Waals surface area contributed by atoms with Crippen molar-refractivity contribution in [3.8, 4) is 0 Å². The first kappa shape index (κ1) is 13.8. The molecule has 2 N–H and O–H groups in total. The van der Waals surface area contributed by atoms with Crippen LogP contribution in [-0.2, 0) is 0 Å². The standard InChI is InChI=1S/C15H22N2O2/c1-10-8-12(13(14(18)19)11(2)17-10)16-9-15(3)6-4-5-7-15/h8H,4-7,9H2,1-3H3,(H,16,17)(H,18,19). The molecular formula is C15H22N2O2. The Hall–Kier alpha value is -1.58. The average molecular weight is 262 g/mol. The molecule has 0 atom stereocenters. The van der Waals surface area contributed by atoms with E-state index in [1.165, 1.54) is 25.7 Å². The zero-order valence-corrected chi connectivity index (χ0v) is 11.9. The number of carbonyl (C=O) groups is 1. The fourth-order valence-corrected chi connectivity index (χ4v) is 2.95. The summed E-state index contributed by atoms with van der Waals surface area (Å²) < 4.78 is 0. The number of hydrogen-bond donors (Lipinski definition) is 2. The van der Waals surface area contributed by atoms with E-state index < -0.39 is 5.97 Å². The minimum Gasteiger partial charge on any atom is -0.478 e. The Kier molecular flexibility index (Phi) is 3.78. The van der Waals surface area contributed by atoms with E-state index in [1.54, 1.807) is 6.92 Å². The molecule has 1 aromatic rings. The molecule has 0 radical (unpaired) electrons. The van der Waals surface area contributed by atoms with E-state index in [4.69, 9.17) is 0 Å². The van der Waals surface area contributed by atoms with Gasteiger partial charge in [-0.15, -0.1) is 0 Å². The summed E-state index contributed by atoms with van der Waals surface area (Å²) in [5.74, 6) is -0.913. The Morgan fingerprint density at radius 3 is 2.63 bits per heavy atom. The predicted molar refractivity (Wildman–Crippen MR) is 75.7 cm³/mol.